The number of carbonyl (C=O) groups is 2. The first-order chi connectivity index (χ1) is 21.0. The highest BCUT2D eigenvalue weighted by Crippen LogP contribution is 2.39. The van der Waals surface area contributed by atoms with Crippen molar-refractivity contribution in [1.29, 1.82) is 0 Å². The number of hydrogen-bond donors (Lipinski definition) is 1. The maximum atomic E-state index is 15.2. The number of halogens is 1. The Kier molecular flexibility index (Phi) is 11.6. The predicted octanol–water partition coefficient (Wildman–Crippen LogP) is 8.53. The Morgan fingerprint density at radius 2 is 1.73 bits per heavy atom. The van der Waals surface area contributed by atoms with Crippen molar-refractivity contribution in [3.05, 3.63) is 88.3 Å². The molecule has 0 bridgehead atoms. The standard InChI is InChI=1S/C38H52FN3O2/c1-7-27(3)34(33(39)8-2)37(44)42-25-13-17-32(36(43)40-31-16-11-15-30(26-31)38(4,5)6)35(42)29-20-18-28(19-21-29)14-12-24-41-22-9-10-23-41/h8,11,15-16,18-21,26,32,35H,7,9-10,12-14,17,22-25H2,1-6H3,(H,40,43)/b33-8+,34-27+. The molecule has 0 radical (unpaired) electrons. The zero-order valence-electron chi connectivity index (χ0n) is 27.7. The average molecular weight is 602 g/mol. The van der Waals surface area contributed by atoms with Gasteiger partial charge in [-0.3, -0.25) is 9.59 Å². The molecule has 2 atom stereocenters. The van der Waals surface area contributed by atoms with Gasteiger partial charge in [0.1, 0.15) is 5.83 Å². The smallest absolute Gasteiger partial charge is 0.257 e. The van der Waals surface area contributed by atoms with Crippen LogP contribution in [0.3, 0.4) is 0 Å². The van der Waals surface area contributed by atoms with Crippen LogP contribution >= 0.6 is 0 Å². The number of likely N-dealkylation sites (tertiary alicyclic amines) is 2. The molecular formula is C38H52FN3O2. The van der Waals surface area contributed by atoms with E-state index in [-0.39, 0.29) is 22.8 Å². The number of hydrogen-bond acceptors (Lipinski definition) is 3. The Labute approximate surface area is 264 Å². The van der Waals surface area contributed by atoms with Crippen molar-refractivity contribution in [3.8, 4) is 0 Å². The molecule has 4 rings (SSSR count). The van der Waals surface area contributed by atoms with E-state index in [0.717, 1.165) is 36.2 Å². The molecule has 2 amide bonds. The zero-order chi connectivity index (χ0) is 31.9. The third kappa shape index (κ3) is 8.26. The summed E-state index contributed by atoms with van der Waals surface area (Å²) in [5.41, 5.74) is 4.84. The number of carbonyl (C=O) groups excluding carboxylic acids is 2. The second kappa shape index (κ2) is 15.2. The lowest BCUT2D eigenvalue weighted by Gasteiger charge is -2.41. The first kappa shape index (κ1) is 33.6. The molecule has 2 saturated heterocycles. The Morgan fingerprint density at radius 3 is 2.36 bits per heavy atom. The molecule has 0 saturated carbocycles. The Morgan fingerprint density at radius 1 is 1.02 bits per heavy atom. The first-order valence-electron chi connectivity index (χ1n) is 16.6. The van der Waals surface area contributed by atoms with Gasteiger partial charge in [0.05, 0.1) is 17.5 Å². The van der Waals surface area contributed by atoms with E-state index in [2.05, 4.69) is 61.3 Å². The third-order valence-corrected chi connectivity index (χ3v) is 9.35. The second-order valence-corrected chi connectivity index (χ2v) is 13.6. The van der Waals surface area contributed by atoms with Crippen LogP contribution in [0.2, 0.25) is 0 Å². The van der Waals surface area contributed by atoms with Crippen LogP contribution in [0.25, 0.3) is 0 Å². The van der Waals surface area contributed by atoms with E-state index >= 15 is 4.39 Å². The molecule has 2 fully saturated rings. The number of aryl methyl sites for hydroxylation is 1. The van der Waals surface area contributed by atoms with Crippen molar-refractivity contribution in [1.82, 2.24) is 9.80 Å². The molecule has 6 heteroatoms. The molecule has 1 N–H and O–H groups in total. The Balaban J connectivity index is 1.64. The van der Waals surface area contributed by atoms with Crippen LogP contribution < -0.4 is 5.32 Å². The fourth-order valence-electron chi connectivity index (χ4n) is 6.56. The zero-order valence-corrected chi connectivity index (χ0v) is 27.7. The highest BCUT2D eigenvalue weighted by molar-refractivity contribution is 5.99. The SMILES string of the molecule is C/C=C(F)\C(C(=O)N1CCCC(C(=O)Nc2cccc(C(C)(C)C)c2)C1c1ccc(CCCN2CCCC2)cc1)=C(\C)CC. The highest BCUT2D eigenvalue weighted by atomic mass is 19.1. The van der Waals surface area contributed by atoms with Crippen LogP contribution in [-0.2, 0) is 21.4 Å². The van der Waals surface area contributed by atoms with E-state index in [0.29, 0.717) is 31.4 Å². The summed E-state index contributed by atoms with van der Waals surface area (Å²) in [5.74, 6) is -1.43. The van der Waals surface area contributed by atoms with E-state index in [9.17, 15) is 9.59 Å². The molecule has 0 aliphatic carbocycles. The van der Waals surface area contributed by atoms with Crippen molar-refractivity contribution >= 4 is 17.5 Å². The summed E-state index contributed by atoms with van der Waals surface area (Å²) in [6.45, 7) is 15.8. The van der Waals surface area contributed by atoms with Gasteiger partial charge in [0.25, 0.3) is 5.91 Å². The number of amides is 2. The van der Waals surface area contributed by atoms with Gasteiger partial charge in [0.15, 0.2) is 0 Å². The topological polar surface area (TPSA) is 52.7 Å². The van der Waals surface area contributed by atoms with E-state index in [4.69, 9.17) is 0 Å². The lowest BCUT2D eigenvalue weighted by Crippen LogP contribution is -2.47. The Bertz CT molecular complexity index is 1350. The summed E-state index contributed by atoms with van der Waals surface area (Å²) in [5, 5.41) is 3.17. The van der Waals surface area contributed by atoms with Gasteiger partial charge in [-0.2, -0.15) is 0 Å². The molecule has 0 spiro atoms. The minimum Gasteiger partial charge on any atom is -0.331 e. The van der Waals surface area contributed by atoms with Gasteiger partial charge in [-0.1, -0.05) is 75.7 Å². The van der Waals surface area contributed by atoms with Crippen LogP contribution in [0, 0.1) is 5.92 Å². The molecular weight excluding hydrogens is 549 g/mol. The summed E-state index contributed by atoms with van der Waals surface area (Å²) in [7, 11) is 0. The number of nitrogens with one attached hydrogen (secondary N) is 1. The van der Waals surface area contributed by atoms with E-state index in [1.165, 1.54) is 37.6 Å². The first-order valence-corrected chi connectivity index (χ1v) is 16.6. The van der Waals surface area contributed by atoms with Gasteiger partial charge < -0.3 is 15.1 Å². The van der Waals surface area contributed by atoms with Crippen LogP contribution in [-0.4, -0.2) is 47.8 Å². The number of allylic oxidation sites excluding steroid dienone is 2. The van der Waals surface area contributed by atoms with E-state index < -0.39 is 17.8 Å². The highest BCUT2D eigenvalue weighted by Gasteiger charge is 2.41. The molecule has 5 nitrogen and oxygen atoms in total. The summed E-state index contributed by atoms with van der Waals surface area (Å²) < 4.78 is 15.2. The Hall–Kier alpha value is -3.25. The lowest BCUT2D eigenvalue weighted by molar-refractivity contribution is -0.135. The molecule has 2 unspecified atom stereocenters. The summed E-state index contributed by atoms with van der Waals surface area (Å²) in [6, 6.07) is 15.9. The number of benzene rings is 2. The van der Waals surface area contributed by atoms with Gasteiger partial charge in [-0.15, -0.1) is 0 Å². The fourth-order valence-corrected chi connectivity index (χ4v) is 6.56. The third-order valence-electron chi connectivity index (χ3n) is 9.35. The van der Waals surface area contributed by atoms with Crippen molar-refractivity contribution in [2.75, 3.05) is 31.5 Å². The van der Waals surface area contributed by atoms with Gasteiger partial charge >= 0.3 is 0 Å². The van der Waals surface area contributed by atoms with Crippen molar-refractivity contribution in [2.45, 2.75) is 97.9 Å². The summed E-state index contributed by atoms with van der Waals surface area (Å²) in [6.07, 6.45) is 7.95. The summed E-state index contributed by atoms with van der Waals surface area (Å²) >= 11 is 0. The lowest BCUT2D eigenvalue weighted by atomic mass is 9.82. The molecule has 2 aliphatic rings. The van der Waals surface area contributed by atoms with Crippen LogP contribution in [0.15, 0.2) is 71.6 Å². The monoisotopic (exact) mass is 601 g/mol. The minimum atomic E-state index is -0.507. The number of anilines is 1. The molecule has 238 valence electrons. The van der Waals surface area contributed by atoms with Gasteiger partial charge in [0.2, 0.25) is 5.91 Å². The number of nitrogens with zero attached hydrogens (tertiary/aromatic N) is 2. The van der Waals surface area contributed by atoms with Crippen LogP contribution in [0.1, 0.15) is 103 Å². The molecule has 2 heterocycles. The number of rotatable bonds is 10. The van der Waals surface area contributed by atoms with E-state index in [1.807, 2.05) is 32.0 Å². The molecule has 2 aliphatic heterocycles. The van der Waals surface area contributed by atoms with Crippen molar-refractivity contribution in [2.24, 2.45) is 5.92 Å². The second-order valence-electron chi connectivity index (χ2n) is 13.6. The maximum Gasteiger partial charge on any atom is 0.257 e. The molecule has 0 aromatic heterocycles. The minimum absolute atomic E-state index is 0.0513. The average Bonchev–Trinajstić information content (AvgIpc) is 3.54. The fraction of sp³-hybridized carbons (Fsp3) is 0.526. The normalized spacial score (nSPS) is 20.4. The van der Waals surface area contributed by atoms with Crippen LogP contribution in [0.5, 0.6) is 0 Å². The van der Waals surface area contributed by atoms with Gasteiger partial charge in [-0.25, -0.2) is 4.39 Å². The molecule has 44 heavy (non-hydrogen) atoms. The van der Waals surface area contributed by atoms with Gasteiger partial charge in [0, 0.05) is 12.2 Å². The van der Waals surface area contributed by atoms with Gasteiger partial charge in [-0.05, 0) is 113 Å². The summed E-state index contributed by atoms with van der Waals surface area (Å²) in [4.78, 5) is 32.4. The predicted molar refractivity (Wildman–Crippen MR) is 179 cm³/mol. The van der Waals surface area contributed by atoms with E-state index in [1.54, 1.807) is 11.8 Å². The van der Waals surface area contributed by atoms with Crippen molar-refractivity contribution in [3.63, 3.8) is 0 Å². The molecule has 2 aromatic carbocycles. The largest absolute Gasteiger partial charge is 0.331 e. The maximum absolute atomic E-state index is 15.2. The van der Waals surface area contributed by atoms with Crippen LogP contribution in [0.4, 0.5) is 10.1 Å². The molecule has 2 aromatic rings. The van der Waals surface area contributed by atoms with Crippen molar-refractivity contribution < 1.29 is 14.0 Å². The quantitative estimate of drug-likeness (QED) is 0.219. The number of piperidine rings is 1.